The number of esters is 1. The second kappa shape index (κ2) is 11.0. The smallest absolute Gasteiger partial charge is 0.348 e. The van der Waals surface area contributed by atoms with E-state index >= 15 is 0 Å². The van der Waals surface area contributed by atoms with Gasteiger partial charge in [0.15, 0.2) is 5.82 Å². The number of unbranched alkanes of at least 4 members (excludes halogenated alkanes) is 2. The molecule has 0 aliphatic carbocycles. The van der Waals surface area contributed by atoms with Crippen molar-refractivity contribution in [1.82, 2.24) is 9.97 Å². The monoisotopic (exact) mass is 434 g/mol. The molecule has 0 bridgehead atoms. The number of aryl methyl sites for hydroxylation is 1. The lowest BCUT2D eigenvalue weighted by atomic mass is 9.99. The average molecular weight is 435 g/mol. The van der Waals surface area contributed by atoms with E-state index in [0.717, 1.165) is 47.9 Å². The predicted molar refractivity (Wildman–Crippen MR) is 126 cm³/mol. The fraction of sp³-hybridized carbons (Fsp3) is 0.370. The number of carbonyl (C=O) groups excluding carboxylic acids is 1. The van der Waals surface area contributed by atoms with E-state index in [2.05, 4.69) is 16.9 Å². The van der Waals surface area contributed by atoms with E-state index < -0.39 is 11.6 Å². The SMILES string of the molecule is CCCCCC(C)(F)C(=O)Oc1ccc(-c2ccccc2-c2ncc(CCC)cn2)cc1. The predicted octanol–water partition coefficient (Wildman–Crippen LogP) is 6.98. The van der Waals surface area contributed by atoms with E-state index in [1.54, 1.807) is 12.1 Å². The molecule has 0 amide bonds. The molecule has 0 radical (unpaired) electrons. The Morgan fingerprint density at radius 3 is 2.22 bits per heavy atom. The van der Waals surface area contributed by atoms with Gasteiger partial charge in [0.1, 0.15) is 5.75 Å². The zero-order chi connectivity index (χ0) is 23.0. The molecule has 1 aromatic heterocycles. The van der Waals surface area contributed by atoms with Crippen molar-refractivity contribution in [1.29, 1.82) is 0 Å². The van der Waals surface area contributed by atoms with E-state index in [9.17, 15) is 9.18 Å². The van der Waals surface area contributed by atoms with Crippen molar-refractivity contribution in [3.8, 4) is 28.3 Å². The molecule has 1 heterocycles. The van der Waals surface area contributed by atoms with Crippen LogP contribution in [-0.4, -0.2) is 21.6 Å². The van der Waals surface area contributed by atoms with Crippen LogP contribution in [0.2, 0.25) is 0 Å². The molecule has 4 nitrogen and oxygen atoms in total. The van der Waals surface area contributed by atoms with Gasteiger partial charge in [-0.15, -0.1) is 0 Å². The molecule has 0 spiro atoms. The van der Waals surface area contributed by atoms with Crippen molar-refractivity contribution in [3.63, 3.8) is 0 Å². The van der Waals surface area contributed by atoms with E-state index in [1.807, 2.05) is 55.7 Å². The lowest BCUT2D eigenvalue weighted by molar-refractivity contribution is -0.147. The highest BCUT2D eigenvalue weighted by molar-refractivity contribution is 5.82. The zero-order valence-electron chi connectivity index (χ0n) is 19.1. The van der Waals surface area contributed by atoms with Crippen LogP contribution in [0.25, 0.3) is 22.5 Å². The minimum atomic E-state index is -1.98. The standard InChI is InChI=1S/C27H31FN2O2/c1-4-6-9-17-27(3,28)26(31)32-22-15-13-21(14-16-22)23-11-7-8-12-24(23)25-29-18-20(10-5-2)19-30-25/h7-8,11-16,18-19H,4-6,9-10,17H2,1-3H3. The Kier molecular flexibility index (Phi) is 8.09. The van der Waals surface area contributed by atoms with Crippen LogP contribution >= 0.6 is 0 Å². The molecular weight excluding hydrogens is 403 g/mol. The maximum Gasteiger partial charge on any atom is 0.348 e. The fourth-order valence-electron chi connectivity index (χ4n) is 3.57. The number of hydrogen-bond acceptors (Lipinski definition) is 4. The lowest BCUT2D eigenvalue weighted by Crippen LogP contribution is -2.34. The number of ether oxygens (including phenoxy) is 1. The van der Waals surface area contributed by atoms with Gasteiger partial charge in [0.25, 0.3) is 0 Å². The van der Waals surface area contributed by atoms with Gasteiger partial charge >= 0.3 is 5.97 Å². The number of nitrogens with zero attached hydrogens (tertiary/aromatic N) is 2. The van der Waals surface area contributed by atoms with Gasteiger partial charge in [-0.2, -0.15) is 0 Å². The summed E-state index contributed by atoms with van der Waals surface area (Å²) in [5.41, 5.74) is 1.97. The second-order valence-corrected chi connectivity index (χ2v) is 8.28. The van der Waals surface area contributed by atoms with Crippen LogP contribution in [0.3, 0.4) is 0 Å². The number of carbonyl (C=O) groups is 1. The maximum absolute atomic E-state index is 14.7. The van der Waals surface area contributed by atoms with Crippen LogP contribution in [0.15, 0.2) is 60.9 Å². The molecule has 32 heavy (non-hydrogen) atoms. The van der Waals surface area contributed by atoms with Crippen LogP contribution < -0.4 is 4.74 Å². The summed E-state index contributed by atoms with van der Waals surface area (Å²) < 4.78 is 20.0. The largest absolute Gasteiger partial charge is 0.424 e. The summed E-state index contributed by atoms with van der Waals surface area (Å²) in [4.78, 5) is 21.4. The Bertz CT molecular complexity index is 1010. The van der Waals surface area contributed by atoms with Gasteiger partial charge in [0, 0.05) is 18.0 Å². The first-order chi connectivity index (χ1) is 15.4. The van der Waals surface area contributed by atoms with E-state index in [4.69, 9.17) is 4.74 Å². The lowest BCUT2D eigenvalue weighted by Gasteiger charge is -2.18. The van der Waals surface area contributed by atoms with Crippen molar-refractivity contribution >= 4 is 5.97 Å². The van der Waals surface area contributed by atoms with Crippen LogP contribution in [0.4, 0.5) is 4.39 Å². The highest BCUT2D eigenvalue weighted by Gasteiger charge is 2.34. The first-order valence-corrected chi connectivity index (χ1v) is 11.4. The summed E-state index contributed by atoms with van der Waals surface area (Å²) in [5.74, 6) is 0.148. The second-order valence-electron chi connectivity index (χ2n) is 8.28. The summed E-state index contributed by atoms with van der Waals surface area (Å²) in [5, 5.41) is 0. The molecule has 0 N–H and O–H groups in total. The minimum Gasteiger partial charge on any atom is -0.424 e. The minimum absolute atomic E-state index is 0.169. The molecule has 5 heteroatoms. The number of benzene rings is 2. The molecule has 0 aliphatic rings. The Morgan fingerprint density at radius 1 is 0.938 bits per heavy atom. The van der Waals surface area contributed by atoms with Gasteiger partial charge in [-0.25, -0.2) is 19.2 Å². The molecule has 0 saturated carbocycles. The summed E-state index contributed by atoms with van der Waals surface area (Å²) in [6.45, 7) is 5.47. The molecule has 3 aromatic rings. The quantitative estimate of drug-likeness (QED) is 0.196. The van der Waals surface area contributed by atoms with Crippen molar-refractivity contribution in [2.45, 2.75) is 65.0 Å². The Balaban J connectivity index is 1.76. The molecule has 0 fully saturated rings. The molecular formula is C27H31FN2O2. The third kappa shape index (κ3) is 6.00. The third-order valence-electron chi connectivity index (χ3n) is 5.46. The van der Waals surface area contributed by atoms with E-state index in [-0.39, 0.29) is 6.42 Å². The summed E-state index contributed by atoms with van der Waals surface area (Å²) >= 11 is 0. The topological polar surface area (TPSA) is 52.1 Å². The normalized spacial score (nSPS) is 12.9. The van der Waals surface area contributed by atoms with Crippen LogP contribution in [0.1, 0.15) is 58.4 Å². The molecule has 1 atom stereocenters. The van der Waals surface area contributed by atoms with Gasteiger partial charge in [-0.1, -0.05) is 69.5 Å². The number of aromatic nitrogens is 2. The van der Waals surface area contributed by atoms with Crippen molar-refractivity contribution in [2.24, 2.45) is 0 Å². The van der Waals surface area contributed by atoms with Gasteiger partial charge in [0.2, 0.25) is 5.67 Å². The first-order valence-electron chi connectivity index (χ1n) is 11.4. The van der Waals surface area contributed by atoms with E-state index in [1.165, 1.54) is 6.92 Å². The number of alkyl halides is 1. The summed E-state index contributed by atoms with van der Waals surface area (Å²) in [6, 6.07) is 15.0. The Labute approximate surface area is 189 Å². The van der Waals surface area contributed by atoms with Gasteiger partial charge < -0.3 is 4.74 Å². The number of hydrogen-bond donors (Lipinski definition) is 0. The average Bonchev–Trinajstić information content (AvgIpc) is 2.80. The van der Waals surface area contributed by atoms with Crippen molar-refractivity contribution in [3.05, 3.63) is 66.5 Å². The van der Waals surface area contributed by atoms with Crippen LogP contribution in [0.5, 0.6) is 5.75 Å². The summed E-state index contributed by atoms with van der Waals surface area (Å²) in [6.07, 6.45) is 8.46. The van der Waals surface area contributed by atoms with Gasteiger partial charge in [-0.3, -0.25) is 0 Å². The van der Waals surface area contributed by atoms with Gasteiger partial charge in [-0.05, 0) is 55.0 Å². The van der Waals surface area contributed by atoms with Gasteiger partial charge in [0.05, 0.1) is 0 Å². The highest BCUT2D eigenvalue weighted by atomic mass is 19.1. The van der Waals surface area contributed by atoms with Crippen LogP contribution in [-0.2, 0) is 11.2 Å². The first kappa shape index (κ1) is 23.6. The number of halogens is 1. The Morgan fingerprint density at radius 2 is 1.59 bits per heavy atom. The molecule has 0 aliphatic heterocycles. The highest BCUT2D eigenvalue weighted by Crippen LogP contribution is 2.31. The third-order valence-corrected chi connectivity index (χ3v) is 5.46. The van der Waals surface area contributed by atoms with Crippen molar-refractivity contribution in [2.75, 3.05) is 0 Å². The molecule has 168 valence electrons. The molecule has 3 rings (SSSR count). The molecule has 1 unspecified atom stereocenters. The maximum atomic E-state index is 14.7. The Hall–Kier alpha value is -3.08. The fourth-order valence-corrected chi connectivity index (χ4v) is 3.57. The van der Waals surface area contributed by atoms with E-state index in [0.29, 0.717) is 18.0 Å². The summed E-state index contributed by atoms with van der Waals surface area (Å²) in [7, 11) is 0. The molecule has 0 saturated heterocycles. The van der Waals surface area contributed by atoms with Crippen molar-refractivity contribution < 1.29 is 13.9 Å². The zero-order valence-corrected chi connectivity index (χ0v) is 19.1. The number of rotatable bonds is 10. The van der Waals surface area contributed by atoms with Crippen LogP contribution in [0, 0.1) is 0 Å². The molecule has 2 aromatic carbocycles.